The summed E-state index contributed by atoms with van der Waals surface area (Å²) in [7, 11) is 0. The van der Waals surface area contributed by atoms with E-state index in [9.17, 15) is 24.0 Å². The Morgan fingerprint density at radius 1 is 0.958 bits per heavy atom. The molecule has 0 aromatic carbocycles. The van der Waals surface area contributed by atoms with E-state index in [1.54, 1.807) is 0 Å². The highest BCUT2D eigenvalue weighted by Crippen LogP contribution is 1.98. The highest BCUT2D eigenvalue weighted by Gasteiger charge is 2.27. The summed E-state index contributed by atoms with van der Waals surface area (Å²) in [6, 6.07) is -0.584. The molecule has 0 unspecified atom stereocenters. The molecule has 0 bridgehead atoms. The maximum Gasteiger partial charge on any atom is 0.337 e. The molecule has 10 nitrogen and oxygen atoms in total. The standard InChI is InChI=1S/C14H17N5O5/c1-3-6-17-12(22)18(7-4-2)14(24)19(13(17)23)9-10(20)16-8-5-15-11(16)21/h3-4H,1-2,5-9H2,(H,15,21). The fourth-order valence-corrected chi connectivity index (χ4v) is 2.32. The highest BCUT2D eigenvalue weighted by atomic mass is 16.2. The molecule has 3 amide bonds. The zero-order chi connectivity index (χ0) is 17.9. The number of nitrogens with zero attached hydrogens (tertiary/aromatic N) is 4. The third-order valence-electron chi connectivity index (χ3n) is 3.46. The number of allylic oxidation sites excluding steroid dienone is 2. The van der Waals surface area contributed by atoms with E-state index in [1.165, 1.54) is 12.2 Å². The lowest BCUT2D eigenvalue weighted by Crippen LogP contribution is -2.55. The predicted octanol–water partition coefficient (Wildman–Crippen LogP) is -1.90. The van der Waals surface area contributed by atoms with Gasteiger partial charge in [-0.15, -0.1) is 13.2 Å². The van der Waals surface area contributed by atoms with E-state index in [4.69, 9.17) is 0 Å². The minimum atomic E-state index is -0.932. The largest absolute Gasteiger partial charge is 0.337 e. The molecule has 0 aliphatic carbocycles. The Balaban J connectivity index is 2.54. The van der Waals surface area contributed by atoms with Crippen molar-refractivity contribution >= 4 is 11.9 Å². The molecule has 128 valence electrons. The lowest BCUT2D eigenvalue weighted by atomic mass is 10.5. The molecule has 10 heteroatoms. The van der Waals surface area contributed by atoms with Crippen LogP contribution < -0.4 is 22.4 Å². The number of imide groups is 1. The van der Waals surface area contributed by atoms with Crippen molar-refractivity contribution in [1.29, 1.82) is 0 Å². The quantitative estimate of drug-likeness (QED) is 0.610. The van der Waals surface area contributed by atoms with Gasteiger partial charge in [0.05, 0.1) is 13.1 Å². The van der Waals surface area contributed by atoms with Crippen LogP contribution in [0.4, 0.5) is 4.79 Å². The van der Waals surface area contributed by atoms with Crippen LogP contribution in [0.5, 0.6) is 0 Å². The lowest BCUT2D eigenvalue weighted by molar-refractivity contribution is -0.128. The number of rotatable bonds is 6. The molecule has 1 aromatic rings. The predicted molar refractivity (Wildman–Crippen MR) is 84.7 cm³/mol. The van der Waals surface area contributed by atoms with Crippen molar-refractivity contribution in [2.24, 2.45) is 0 Å². The SMILES string of the molecule is C=CCn1c(=O)n(CC=C)c(=O)n(CC(=O)N2CCNC2=O)c1=O. The monoisotopic (exact) mass is 335 g/mol. The number of carbonyl (C=O) groups is 2. The van der Waals surface area contributed by atoms with E-state index in [-0.39, 0.29) is 19.6 Å². The van der Waals surface area contributed by atoms with Gasteiger partial charge < -0.3 is 5.32 Å². The molecule has 2 rings (SSSR count). The molecule has 0 radical (unpaired) electrons. The topological polar surface area (TPSA) is 115 Å². The van der Waals surface area contributed by atoms with E-state index in [2.05, 4.69) is 18.5 Å². The molecule has 1 saturated heterocycles. The van der Waals surface area contributed by atoms with Crippen molar-refractivity contribution in [3.05, 3.63) is 56.8 Å². The Labute approximate surface area is 135 Å². The number of urea groups is 1. The fourth-order valence-electron chi connectivity index (χ4n) is 2.32. The zero-order valence-electron chi connectivity index (χ0n) is 12.9. The number of aromatic nitrogens is 3. The minimum Gasteiger partial charge on any atom is -0.336 e. The number of carbonyl (C=O) groups excluding carboxylic acids is 2. The molecule has 2 heterocycles. The molecule has 1 aliphatic rings. The van der Waals surface area contributed by atoms with Gasteiger partial charge in [-0.2, -0.15) is 0 Å². The molecular formula is C14H17N5O5. The van der Waals surface area contributed by atoms with Crippen LogP contribution >= 0.6 is 0 Å². The Bertz CT molecular complexity index is 827. The van der Waals surface area contributed by atoms with Crippen LogP contribution in [-0.4, -0.2) is 43.6 Å². The van der Waals surface area contributed by atoms with Crippen LogP contribution in [0.3, 0.4) is 0 Å². The minimum absolute atomic E-state index is 0.118. The molecule has 0 atom stereocenters. The third kappa shape index (κ3) is 2.98. The average molecular weight is 335 g/mol. The van der Waals surface area contributed by atoms with E-state index >= 15 is 0 Å². The van der Waals surface area contributed by atoms with Gasteiger partial charge in [-0.3, -0.25) is 9.69 Å². The van der Waals surface area contributed by atoms with Crippen molar-refractivity contribution in [3.8, 4) is 0 Å². The number of amides is 3. The molecule has 24 heavy (non-hydrogen) atoms. The normalized spacial score (nSPS) is 13.7. The van der Waals surface area contributed by atoms with Crippen molar-refractivity contribution in [2.45, 2.75) is 19.6 Å². The molecular weight excluding hydrogens is 318 g/mol. The first kappa shape index (κ1) is 17.2. The Morgan fingerprint density at radius 2 is 1.46 bits per heavy atom. The van der Waals surface area contributed by atoms with Gasteiger partial charge in [-0.05, 0) is 0 Å². The number of nitrogens with one attached hydrogen (secondary N) is 1. The summed E-state index contributed by atoms with van der Waals surface area (Å²) in [5.74, 6) is -0.710. The Morgan fingerprint density at radius 3 is 1.88 bits per heavy atom. The summed E-state index contributed by atoms with van der Waals surface area (Å²) in [6.07, 6.45) is 2.65. The number of hydrogen-bond donors (Lipinski definition) is 1. The van der Waals surface area contributed by atoms with E-state index in [1.807, 2.05) is 0 Å². The molecule has 1 N–H and O–H groups in total. The van der Waals surface area contributed by atoms with Crippen LogP contribution in [0, 0.1) is 0 Å². The first-order valence-corrected chi connectivity index (χ1v) is 7.16. The summed E-state index contributed by atoms with van der Waals surface area (Å²) >= 11 is 0. The molecule has 1 aliphatic heterocycles. The molecule has 1 fully saturated rings. The first-order valence-electron chi connectivity index (χ1n) is 7.16. The molecule has 1 aromatic heterocycles. The lowest BCUT2D eigenvalue weighted by Gasteiger charge is -2.15. The van der Waals surface area contributed by atoms with Crippen LogP contribution in [-0.2, 0) is 24.4 Å². The van der Waals surface area contributed by atoms with E-state index < -0.39 is 35.6 Å². The number of hydrogen-bond acceptors (Lipinski definition) is 5. The molecule has 0 saturated carbocycles. The van der Waals surface area contributed by atoms with E-state index in [0.29, 0.717) is 11.1 Å². The third-order valence-corrected chi connectivity index (χ3v) is 3.46. The summed E-state index contributed by atoms with van der Waals surface area (Å²) in [4.78, 5) is 61.5. The first-order chi connectivity index (χ1) is 11.4. The van der Waals surface area contributed by atoms with Gasteiger partial charge in [0.25, 0.3) is 5.91 Å². The van der Waals surface area contributed by atoms with Crippen molar-refractivity contribution in [2.75, 3.05) is 13.1 Å². The Hall–Kier alpha value is -3.17. The van der Waals surface area contributed by atoms with Gasteiger partial charge in [0.15, 0.2) is 0 Å². The van der Waals surface area contributed by atoms with Gasteiger partial charge in [-0.1, -0.05) is 12.2 Å². The van der Waals surface area contributed by atoms with Crippen molar-refractivity contribution in [1.82, 2.24) is 23.9 Å². The maximum absolute atomic E-state index is 12.4. The van der Waals surface area contributed by atoms with Crippen LogP contribution in [0.2, 0.25) is 0 Å². The summed E-state index contributed by atoms with van der Waals surface area (Å²) < 4.78 is 2.20. The summed E-state index contributed by atoms with van der Waals surface area (Å²) in [5, 5.41) is 2.45. The van der Waals surface area contributed by atoms with Gasteiger partial charge in [-0.25, -0.2) is 32.9 Å². The maximum atomic E-state index is 12.4. The molecule has 0 spiro atoms. The van der Waals surface area contributed by atoms with Gasteiger partial charge in [0, 0.05) is 13.1 Å². The second-order valence-electron chi connectivity index (χ2n) is 5.01. The van der Waals surface area contributed by atoms with Gasteiger partial charge >= 0.3 is 23.1 Å². The summed E-state index contributed by atoms with van der Waals surface area (Å²) in [6.45, 7) is 6.49. The summed E-state index contributed by atoms with van der Waals surface area (Å²) in [5.41, 5.74) is -2.68. The zero-order valence-corrected chi connectivity index (χ0v) is 12.9. The highest BCUT2D eigenvalue weighted by molar-refractivity contribution is 5.95. The van der Waals surface area contributed by atoms with Crippen LogP contribution in [0.15, 0.2) is 39.7 Å². The fraction of sp³-hybridized carbons (Fsp3) is 0.357. The second-order valence-corrected chi connectivity index (χ2v) is 5.01. The smallest absolute Gasteiger partial charge is 0.336 e. The van der Waals surface area contributed by atoms with Gasteiger partial charge in [0.1, 0.15) is 6.54 Å². The second kappa shape index (κ2) is 6.94. The average Bonchev–Trinajstić information content (AvgIpc) is 2.98. The van der Waals surface area contributed by atoms with Gasteiger partial charge in [0.2, 0.25) is 0 Å². The van der Waals surface area contributed by atoms with Crippen molar-refractivity contribution in [3.63, 3.8) is 0 Å². The van der Waals surface area contributed by atoms with E-state index in [0.717, 1.165) is 14.0 Å². The van der Waals surface area contributed by atoms with Crippen LogP contribution in [0.25, 0.3) is 0 Å². The van der Waals surface area contributed by atoms with Crippen molar-refractivity contribution < 1.29 is 9.59 Å². The van der Waals surface area contributed by atoms with Crippen LogP contribution in [0.1, 0.15) is 0 Å². The Kier molecular flexibility index (Phi) is 4.97.